The van der Waals surface area contributed by atoms with Gasteiger partial charge in [0.1, 0.15) is 12.1 Å². The Labute approximate surface area is 159 Å². The zero-order valence-electron chi connectivity index (χ0n) is 14.0. The fourth-order valence-electron chi connectivity index (χ4n) is 2.37. The van der Waals surface area contributed by atoms with E-state index in [-0.39, 0.29) is 5.69 Å². The van der Waals surface area contributed by atoms with Crippen LogP contribution in [0.2, 0.25) is 5.02 Å². The van der Waals surface area contributed by atoms with E-state index in [1.165, 1.54) is 31.0 Å². The number of non-ortho nitro benzene ring substituents is 1. The average molecular weight is 391 g/mol. The Morgan fingerprint density at radius 1 is 1.31 bits per heavy atom. The molecule has 1 aromatic heterocycles. The highest BCUT2D eigenvalue weighted by Crippen LogP contribution is 2.31. The van der Waals surface area contributed by atoms with Crippen molar-refractivity contribution in [2.45, 2.75) is 17.8 Å². The topological polar surface area (TPSA) is 83.1 Å². The molecule has 0 amide bonds. The van der Waals surface area contributed by atoms with Gasteiger partial charge in [-0.15, -0.1) is 10.2 Å². The van der Waals surface area contributed by atoms with E-state index in [0.29, 0.717) is 27.2 Å². The van der Waals surface area contributed by atoms with E-state index in [2.05, 4.69) is 10.2 Å². The van der Waals surface area contributed by atoms with Crippen LogP contribution in [-0.4, -0.2) is 26.8 Å². The molecule has 0 spiro atoms. The fraction of sp³-hybridized carbons (Fsp3) is 0.176. The fourth-order valence-corrected chi connectivity index (χ4v) is 3.45. The minimum atomic E-state index is -0.426. The lowest BCUT2D eigenvalue weighted by Crippen LogP contribution is -1.97. The number of hydrogen-bond donors (Lipinski definition) is 0. The number of thioether (sulfide) groups is 1. The number of nitrogens with zero attached hydrogens (tertiary/aromatic N) is 4. The van der Waals surface area contributed by atoms with Crippen LogP contribution in [0.3, 0.4) is 0 Å². The maximum atomic E-state index is 11.0. The monoisotopic (exact) mass is 390 g/mol. The zero-order valence-corrected chi connectivity index (χ0v) is 15.6. The lowest BCUT2D eigenvalue weighted by Gasteiger charge is -2.10. The Hall–Kier alpha value is -2.58. The Balaban J connectivity index is 1.85. The first kappa shape index (κ1) is 18.2. The van der Waals surface area contributed by atoms with Crippen molar-refractivity contribution in [3.8, 4) is 11.4 Å². The number of aromatic nitrogens is 3. The van der Waals surface area contributed by atoms with Crippen LogP contribution >= 0.6 is 23.4 Å². The first-order valence-corrected chi connectivity index (χ1v) is 8.96. The molecule has 0 atom stereocenters. The number of halogens is 1. The van der Waals surface area contributed by atoms with Gasteiger partial charge in [-0.2, -0.15) is 0 Å². The Morgan fingerprint density at radius 2 is 2.12 bits per heavy atom. The van der Waals surface area contributed by atoms with Gasteiger partial charge < -0.3 is 4.74 Å². The molecular weight excluding hydrogens is 376 g/mol. The summed E-state index contributed by atoms with van der Waals surface area (Å²) < 4.78 is 7.12. The summed E-state index contributed by atoms with van der Waals surface area (Å²) in [7, 11) is 1.53. The standard InChI is InChI=1S/C17H15ClN4O3S/c1-11-3-4-13(8-15(11)18)21-10-19-20-17(21)26-9-12-7-14(22(23)24)5-6-16(12)25-2/h3-8,10H,9H2,1-2H3. The second kappa shape index (κ2) is 7.76. The van der Waals surface area contributed by atoms with Crippen LogP contribution in [0.15, 0.2) is 47.9 Å². The summed E-state index contributed by atoms with van der Waals surface area (Å²) in [5, 5.41) is 20.4. The second-order valence-corrected chi connectivity index (χ2v) is 6.81. The Morgan fingerprint density at radius 3 is 2.81 bits per heavy atom. The molecule has 1 heterocycles. The molecule has 0 saturated heterocycles. The van der Waals surface area contributed by atoms with E-state index in [9.17, 15) is 10.1 Å². The number of nitro benzene ring substituents is 1. The Kier molecular flexibility index (Phi) is 5.43. The van der Waals surface area contributed by atoms with Crippen molar-refractivity contribution in [3.63, 3.8) is 0 Å². The third kappa shape index (κ3) is 3.81. The molecule has 3 aromatic rings. The van der Waals surface area contributed by atoms with E-state index < -0.39 is 4.92 Å². The lowest BCUT2D eigenvalue weighted by atomic mass is 10.2. The van der Waals surface area contributed by atoms with Gasteiger partial charge in [-0.05, 0) is 30.7 Å². The zero-order chi connectivity index (χ0) is 18.7. The van der Waals surface area contributed by atoms with Crippen molar-refractivity contribution in [2.24, 2.45) is 0 Å². The number of methoxy groups -OCH3 is 1. The van der Waals surface area contributed by atoms with Crippen LogP contribution in [0.1, 0.15) is 11.1 Å². The summed E-state index contributed by atoms with van der Waals surface area (Å²) in [6, 6.07) is 10.2. The number of benzene rings is 2. The summed E-state index contributed by atoms with van der Waals surface area (Å²) in [5.74, 6) is 1.04. The summed E-state index contributed by atoms with van der Waals surface area (Å²) in [6.07, 6.45) is 1.61. The first-order valence-electron chi connectivity index (χ1n) is 7.60. The summed E-state index contributed by atoms with van der Waals surface area (Å²) >= 11 is 7.61. The molecule has 0 fully saturated rings. The number of nitro groups is 1. The molecule has 0 aliphatic heterocycles. The number of rotatable bonds is 6. The highest BCUT2D eigenvalue weighted by molar-refractivity contribution is 7.98. The van der Waals surface area contributed by atoms with Gasteiger partial charge in [0, 0.05) is 28.5 Å². The molecule has 134 valence electrons. The molecule has 7 nitrogen and oxygen atoms in total. The predicted octanol–water partition coefficient (Wildman–Crippen LogP) is 4.44. The van der Waals surface area contributed by atoms with Crippen molar-refractivity contribution in [1.29, 1.82) is 0 Å². The molecule has 0 aliphatic carbocycles. The maximum Gasteiger partial charge on any atom is 0.270 e. The second-order valence-electron chi connectivity index (χ2n) is 5.46. The van der Waals surface area contributed by atoms with Crippen molar-refractivity contribution in [3.05, 3.63) is 69.0 Å². The van der Waals surface area contributed by atoms with Crippen molar-refractivity contribution in [1.82, 2.24) is 14.8 Å². The summed E-state index contributed by atoms with van der Waals surface area (Å²) in [5.41, 5.74) is 2.56. The van der Waals surface area contributed by atoms with Crippen LogP contribution in [0.5, 0.6) is 5.75 Å². The van der Waals surface area contributed by atoms with Crippen LogP contribution in [0.4, 0.5) is 5.69 Å². The van der Waals surface area contributed by atoms with Gasteiger partial charge in [-0.3, -0.25) is 14.7 Å². The van der Waals surface area contributed by atoms with Gasteiger partial charge in [-0.25, -0.2) is 0 Å². The third-order valence-electron chi connectivity index (χ3n) is 3.78. The van der Waals surface area contributed by atoms with Gasteiger partial charge >= 0.3 is 0 Å². The smallest absolute Gasteiger partial charge is 0.270 e. The number of ether oxygens (including phenoxy) is 1. The van der Waals surface area contributed by atoms with Gasteiger partial charge in [0.05, 0.1) is 17.7 Å². The van der Waals surface area contributed by atoms with E-state index in [4.69, 9.17) is 16.3 Å². The molecule has 26 heavy (non-hydrogen) atoms. The molecular formula is C17H15ClN4O3S. The Bertz CT molecular complexity index is 961. The highest BCUT2D eigenvalue weighted by Gasteiger charge is 2.14. The van der Waals surface area contributed by atoms with Crippen LogP contribution in [0.25, 0.3) is 5.69 Å². The normalized spacial score (nSPS) is 10.7. The maximum absolute atomic E-state index is 11.0. The van der Waals surface area contributed by atoms with Crippen molar-refractivity contribution in [2.75, 3.05) is 7.11 Å². The van der Waals surface area contributed by atoms with Gasteiger partial charge in [-0.1, -0.05) is 29.4 Å². The molecule has 0 bridgehead atoms. The van der Waals surface area contributed by atoms with Crippen molar-refractivity contribution < 1.29 is 9.66 Å². The predicted molar refractivity (Wildman–Crippen MR) is 100 cm³/mol. The first-order chi connectivity index (χ1) is 12.5. The van der Waals surface area contributed by atoms with E-state index in [0.717, 1.165) is 11.3 Å². The van der Waals surface area contributed by atoms with Crippen LogP contribution < -0.4 is 4.74 Å². The molecule has 0 N–H and O–H groups in total. The van der Waals surface area contributed by atoms with Gasteiger partial charge in [0.25, 0.3) is 5.69 Å². The summed E-state index contributed by atoms with van der Waals surface area (Å²) in [4.78, 5) is 10.6. The SMILES string of the molecule is COc1ccc([N+](=O)[O-])cc1CSc1nncn1-c1ccc(C)c(Cl)c1. The molecule has 0 aliphatic rings. The van der Waals surface area contributed by atoms with Gasteiger partial charge in [0.2, 0.25) is 0 Å². The van der Waals surface area contributed by atoms with E-state index in [1.807, 2.05) is 29.7 Å². The number of hydrogen-bond acceptors (Lipinski definition) is 6. The minimum Gasteiger partial charge on any atom is -0.496 e. The molecule has 3 rings (SSSR count). The summed E-state index contributed by atoms with van der Waals surface area (Å²) in [6.45, 7) is 1.93. The third-order valence-corrected chi connectivity index (χ3v) is 5.18. The highest BCUT2D eigenvalue weighted by atomic mass is 35.5. The number of aryl methyl sites for hydroxylation is 1. The molecule has 0 unspecified atom stereocenters. The lowest BCUT2D eigenvalue weighted by molar-refractivity contribution is -0.384. The van der Waals surface area contributed by atoms with E-state index in [1.54, 1.807) is 12.4 Å². The quantitative estimate of drug-likeness (QED) is 0.351. The van der Waals surface area contributed by atoms with Crippen molar-refractivity contribution >= 4 is 29.1 Å². The largest absolute Gasteiger partial charge is 0.496 e. The van der Waals surface area contributed by atoms with Crippen LogP contribution in [0, 0.1) is 17.0 Å². The molecule has 2 aromatic carbocycles. The van der Waals surface area contributed by atoms with E-state index >= 15 is 0 Å². The average Bonchev–Trinajstić information content (AvgIpc) is 3.10. The molecule has 0 saturated carbocycles. The molecule has 9 heteroatoms. The minimum absolute atomic E-state index is 0.0215. The van der Waals surface area contributed by atoms with Gasteiger partial charge in [0.15, 0.2) is 5.16 Å². The molecule has 0 radical (unpaired) electrons. The van der Waals surface area contributed by atoms with Crippen LogP contribution in [-0.2, 0) is 5.75 Å².